The van der Waals surface area contributed by atoms with Gasteiger partial charge in [0.1, 0.15) is 0 Å². The second-order valence-electron chi connectivity index (χ2n) is 5.00. The molecule has 0 aliphatic heterocycles. The number of carbonyl (C=O) groups excluding carboxylic acids is 1. The first kappa shape index (κ1) is 15.5. The lowest BCUT2D eigenvalue weighted by Crippen LogP contribution is -2.13. The fourth-order valence-electron chi connectivity index (χ4n) is 2.33. The Balaban J connectivity index is 2.42. The van der Waals surface area contributed by atoms with Crippen molar-refractivity contribution >= 4 is 17.6 Å². The van der Waals surface area contributed by atoms with E-state index in [0.29, 0.717) is 12.0 Å². The molecular weight excluding hydrogens is 278 g/mol. The third-order valence-electron chi connectivity index (χ3n) is 3.28. The van der Waals surface area contributed by atoms with Crippen LogP contribution in [0.3, 0.4) is 0 Å². The Morgan fingerprint density at radius 3 is 2.59 bits per heavy atom. The molecule has 2 N–H and O–H groups in total. The van der Waals surface area contributed by atoms with E-state index in [9.17, 15) is 14.7 Å². The van der Waals surface area contributed by atoms with E-state index in [2.05, 4.69) is 11.9 Å². The van der Waals surface area contributed by atoms with Crippen LogP contribution in [-0.2, 0) is 11.2 Å². The molecule has 0 spiro atoms. The lowest BCUT2D eigenvalue weighted by Gasteiger charge is -2.12. The van der Waals surface area contributed by atoms with Gasteiger partial charge in [-0.1, -0.05) is 48.5 Å². The molecule has 0 radical (unpaired) electrons. The molecule has 0 saturated heterocycles. The number of carboxylic acids is 1. The lowest BCUT2D eigenvalue weighted by atomic mass is 9.97. The number of hydrogen-bond acceptors (Lipinski definition) is 2. The van der Waals surface area contributed by atoms with Crippen LogP contribution in [0.5, 0.6) is 0 Å². The van der Waals surface area contributed by atoms with Crippen LogP contribution in [0.1, 0.15) is 27.0 Å². The Kier molecular flexibility index (Phi) is 4.73. The van der Waals surface area contributed by atoms with Gasteiger partial charge in [0.15, 0.2) is 0 Å². The van der Waals surface area contributed by atoms with Gasteiger partial charge in [-0.2, -0.15) is 0 Å². The molecule has 22 heavy (non-hydrogen) atoms. The van der Waals surface area contributed by atoms with Crippen molar-refractivity contribution in [1.29, 1.82) is 0 Å². The Morgan fingerprint density at radius 2 is 1.95 bits per heavy atom. The van der Waals surface area contributed by atoms with Crippen molar-refractivity contribution in [2.75, 3.05) is 5.32 Å². The van der Waals surface area contributed by atoms with Crippen molar-refractivity contribution in [3.63, 3.8) is 0 Å². The number of carbonyl (C=O) groups is 2. The zero-order chi connectivity index (χ0) is 16.1. The van der Waals surface area contributed by atoms with Gasteiger partial charge in [0.25, 0.3) is 0 Å². The Hall–Kier alpha value is -2.88. The van der Waals surface area contributed by atoms with E-state index in [1.807, 2.05) is 31.2 Å². The normalized spacial score (nSPS) is 10.0. The van der Waals surface area contributed by atoms with E-state index in [1.54, 1.807) is 18.2 Å². The molecule has 1 amide bonds. The van der Waals surface area contributed by atoms with Crippen LogP contribution < -0.4 is 5.32 Å². The summed E-state index contributed by atoms with van der Waals surface area (Å²) in [7, 11) is 0. The van der Waals surface area contributed by atoms with Crippen LogP contribution in [0.15, 0.2) is 55.1 Å². The average Bonchev–Trinajstić information content (AvgIpc) is 2.47. The maximum absolute atomic E-state index is 11.6. The number of anilines is 1. The van der Waals surface area contributed by atoms with Gasteiger partial charge >= 0.3 is 5.97 Å². The molecule has 0 saturated carbocycles. The number of aryl methyl sites for hydroxylation is 1. The second kappa shape index (κ2) is 6.72. The molecule has 0 aromatic heterocycles. The number of rotatable bonds is 5. The Bertz CT molecular complexity index is 735. The van der Waals surface area contributed by atoms with Crippen LogP contribution in [-0.4, -0.2) is 17.0 Å². The number of carboxylic acid groups (broad SMARTS) is 1. The number of amides is 1. The van der Waals surface area contributed by atoms with Crippen LogP contribution in [0.2, 0.25) is 0 Å². The minimum atomic E-state index is -1.07. The van der Waals surface area contributed by atoms with Crippen molar-refractivity contribution in [3.8, 4) is 0 Å². The summed E-state index contributed by atoms with van der Waals surface area (Å²) in [4.78, 5) is 23.0. The average molecular weight is 295 g/mol. The van der Waals surface area contributed by atoms with Crippen LogP contribution >= 0.6 is 0 Å². The summed E-state index contributed by atoms with van der Waals surface area (Å²) in [5.74, 6) is -1.50. The standard InChI is InChI=1S/C18H17NO3/c1-3-16(20)19-15-9-5-8-14(17(15)18(21)22)11-13-7-4-6-12(2)10-13/h3-10H,1,11H2,2H3,(H,19,20)(H,21,22). The summed E-state index contributed by atoms with van der Waals surface area (Å²) < 4.78 is 0. The van der Waals surface area contributed by atoms with Gasteiger partial charge in [-0.15, -0.1) is 0 Å². The highest BCUT2D eigenvalue weighted by Crippen LogP contribution is 2.23. The number of hydrogen-bond donors (Lipinski definition) is 2. The predicted octanol–water partition coefficient (Wildman–Crippen LogP) is 3.41. The number of nitrogens with one attached hydrogen (secondary N) is 1. The molecular formula is C18H17NO3. The quantitative estimate of drug-likeness (QED) is 0.831. The smallest absolute Gasteiger partial charge is 0.338 e. The summed E-state index contributed by atoms with van der Waals surface area (Å²) in [5.41, 5.74) is 3.18. The minimum absolute atomic E-state index is 0.110. The van der Waals surface area contributed by atoms with Crippen LogP contribution in [0, 0.1) is 6.92 Å². The molecule has 2 rings (SSSR count). The summed E-state index contributed by atoms with van der Waals surface area (Å²) in [6.45, 7) is 5.36. The topological polar surface area (TPSA) is 66.4 Å². The van der Waals surface area contributed by atoms with E-state index in [0.717, 1.165) is 17.2 Å². The summed E-state index contributed by atoms with van der Waals surface area (Å²) in [6.07, 6.45) is 1.60. The van der Waals surface area contributed by atoms with Crippen molar-refractivity contribution in [1.82, 2.24) is 0 Å². The van der Waals surface area contributed by atoms with Gasteiger partial charge in [0.05, 0.1) is 11.3 Å². The zero-order valence-corrected chi connectivity index (χ0v) is 12.3. The zero-order valence-electron chi connectivity index (χ0n) is 12.3. The molecule has 0 bridgehead atoms. The molecule has 0 heterocycles. The van der Waals surface area contributed by atoms with E-state index >= 15 is 0 Å². The van der Waals surface area contributed by atoms with E-state index in [4.69, 9.17) is 0 Å². The highest BCUT2D eigenvalue weighted by Gasteiger charge is 2.16. The molecule has 0 atom stereocenters. The van der Waals surface area contributed by atoms with Crippen molar-refractivity contribution in [3.05, 3.63) is 77.4 Å². The van der Waals surface area contributed by atoms with Gasteiger partial charge in [-0.05, 0) is 36.6 Å². The SMILES string of the molecule is C=CC(=O)Nc1cccc(Cc2cccc(C)c2)c1C(=O)O. The molecule has 2 aromatic rings. The van der Waals surface area contributed by atoms with Gasteiger partial charge in [0.2, 0.25) is 5.91 Å². The largest absolute Gasteiger partial charge is 0.478 e. The molecule has 0 aliphatic carbocycles. The maximum atomic E-state index is 11.6. The van der Waals surface area contributed by atoms with Crippen LogP contribution in [0.25, 0.3) is 0 Å². The van der Waals surface area contributed by atoms with Crippen molar-refractivity contribution < 1.29 is 14.7 Å². The van der Waals surface area contributed by atoms with Crippen molar-refractivity contribution in [2.24, 2.45) is 0 Å². The molecule has 0 unspecified atom stereocenters. The molecule has 0 fully saturated rings. The first-order valence-electron chi connectivity index (χ1n) is 6.85. The highest BCUT2D eigenvalue weighted by molar-refractivity contribution is 6.05. The van der Waals surface area contributed by atoms with Gasteiger partial charge < -0.3 is 10.4 Å². The van der Waals surface area contributed by atoms with E-state index < -0.39 is 11.9 Å². The monoisotopic (exact) mass is 295 g/mol. The van der Waals surface area contributed by atoms with Gasteiger partial charge in [0, 0.05) is 0 Å². The fourth-order valence-corrected chi connectivity index (χ4v) is 2.33. The second-order valence-corrected chi connectivity index (χ2v) is 5.00. The molecule has 2 aromatic carbocycles. The van der Waals surface area contributed by atoms with Gasteiger partial charge in [-0.3, -0.25) is 4.79 Å². The molecule has 0 aliphatic rings. The molecule has 4 heteroatoms. The van der Waals surface area contributed by atoms with E-state index in [1.165, 1.54) is 0 Å². The van der Waals surface area contributed by atoms with E-state index in [-0.39, 0.29) is 11.3 Å². The minimum Gasteiger partial charge on any atom is -0.478 e. The Morgan fingerprint density at radius 1 is 1.23 bits per heavy atom. The maximum Gasteiger partial charge on any atom is 0.338 e. The number of benzene rings is 2. The third-order valence-corrected chi connectivity index (χ3v) is 3.28. The number of aromatic carboxylic acids is 1. The van der Waals surface area contributed by atoms with Gasteiger partial charge in [-0.25, -0.2) is 4.79 Å². The predicted molar refractivity (Wildman–Crippen MR) is 86.2 cm³/mol. The summed E-state index contributed by atoms with van der Waals surface area (Å²) in [6, 6.07) is 13.0. The molecule has 112 valence electrons. The Labute approximate surface area is 129 Å². The van der Waals surface area contributed by atoms with Crippen molar-refractivity contribution in [2.45, 2.75) is 13.3 Å². The highest BCUT2D eigenvalue weighted by atomic mass is 16.4. The van der Waals surface area contributed by atoms with Crippen LogP contribution in [0.4, 0.5) is 5.69 Å². The fraction of sp³-hybridized carbons (Fsp3) is 0.111. The lowest BCUT2D eigenvalue weighted by molar-refractivity contribution is -0.111. The third kappa shape index (κ3) is 3.61. The summed E-state index contributed by atoms with van der Waals surface area (Å²) in [5, 5.41) is 12.0. The summed E-state index contributed by atoms with van der Waals surface area (Å²) >= 11 is 0. The first-order valence-corrected chi connectivity index (χ1v) is 6.85. The first-order chi connectivity index (χ1) is 10.5. The molecule has 4 nitrogen and oxygen atoms in total.